The maximum absolute atomic E-state index is 12.6. The molecule has 0 fully saturated rings. The molecule has 544 valence electrons. The standard InChI is InChI=1S/C23H19N5O.C22H17N5O.C14H13N3O.C13H11N3O5.C6H3FN2O4/c1-15-19-5-3-4-6-20(19)23(27-26-15)25-16-7-12-22-21(13-16)24-14-28(22)17-8-10-18(29-2)11-9-17;1-14-18-4-2-3-5-19(18)22(26-25-14)24-15-6-11-21-20(12-15)23-13-27(21)16-7-9-17(28)10-8-16;1-18-12-5-3-11(4-6-12)17-9-16-13-8-10(15)2-7-14(13)17;1-21-11-5-2-9(3-6-11)14-12-7-4-10(15(17)18)8-13(12)16(19)20;7-5-2-1-4(8(10)11)3-6(5)9(12)13/h3-14H,1-2H3,(H,25,27);2-13,28H,1H3,(H,24,26);2-9H,15H2,1H3;2-8,14H,1H3;1-3H. The number of nitro benzene ring substituents is 4. The number of fused-ring (bicyclic) bond motifs is 5. The van der Waals surface area contributed by atoms with Crippen molar-refractivity contribution in [3.63, 3.8) is 0 Å². The molecular weight excluding hydrogens is 1400 g/mol. The molecule has 30 nitrogen and oxygen atoms in total. The van der Waals surface area contributed by atoms with E-state index in [-0.39, 0.29) is 22.8 Å². The lowest BCUT2D eigenvalue weighted by Gasteiger charge is -2.10. The number of hydrogen-bond donors (Lipinski definition) is 5. The number of nitrogen functional groups attached to an aromatic ring is 1. The highest BCUT2D eigenvalue weighted by Crippen LogP contribution is 2.35. The third kappa shape index (κ3) is 17.1. The van der Waals surface area contributed by atoms with Gasteiger partial charge in [-0.15, -0.1) is 10.2 Å². The van der Waals surface area contributed by atoms with Gasteiger partial charge in [-0.2, -0.15) is 14.6 Å². The Hall–Kier alpha value is -15.6. The number of nitrogens with one attached hydrogen (secondary N) is 3. The van der Waals surface area contributed by atoms with Crippen LogP contribution in [0.3, 0.4) is 0 Å². The number of phenols is 1. The van der Waals surface area contributed by atoms with E-state index in [2.05, 4.69) is 74.1 Å². The molecule has 0 atom stereocenters. The number of benzene rings is 11. The third-order valence-corrected chi connectivity index (χ3v) is 16.9. The summed E-state index contributed by atoms with van der Waals surface area (Å²) < 4.78 is 34.1. The summed E-state index contributed by atoms with van der Waals surface area (Å²) in [4.78, 5) is 52.2. The number of halogens is 1. The van der Waals surface area contributed by atoms with Crippen LogP contribution in [-0.4, -0.2) is 95.2 Å². The molecular formula is C78H63FN18O12. The maximum atomic E-state index is 12.6. The molecule has 0 amide bonds. The van der Waals surface area contributed by atoms with Crippen LogP contribution in [0.5, 0.6) is 23.0 Å². The van der Waals surface area contributed by atoms with Gasteiger partial charge in [0.05, 0.1) is 97.6 Å². The molecule has 0 unspecified atom stereocenters. The zero-order valence-electron chi connectivity index (χ0n) is 58.4. The number of hydrogen-bond acceptors (Lipinski definition) is 23. The number of non-ortho nitro benzene ring substituents is 2. The monoisotopic (exact) mass is 1460 g/mol. The minimum Gasteiger partial charge on any atom is -0.508 e. The molecule has 16 aromatic rings. The van der Waals surface area contributed by atoms with E-state index in [0.29, 0.717) is 23.6 Å². The number of anilines is 7. The van der Waals surface area contributed by atoms with Crippen molar-refractivity contribution in [2.45, 2.75) is 13.8 Å². The first-order valence-electron chi connectivity index (χ1n) is 32.9. The number of ether oxygens (including phenoxy) is 3. The summed E-state index contributed by atoms with van der Waals surface area (Å²) in [5, 5.41) is 82.5. The number of aromatic nitrogens is 10. The van der Waals surface area contributed by atoms with Gasteiger partial charge in [-0.1, -0.05) is 48.5 Å². The average molecular weight is 1460 g/mol. The summed E-state index contributed by atoms with van der Waals surface area (Å²) in [7, 11) is 4.85. The maximum Gasteiger partial charge on any atom is 0.311 e. The van der Waals surface area contributed by atoms with E-state index in [9.17, 15) is 50.0 Å². The van der Waals surface area contributed by atoms with Crippen molar-refractivity contribution in [1.29, 1.82) is 0 Å². The van der Waals surface area contributed by atoms with Crippen LogP contribution in [0.4, 0.5) is 67.2 Å². The molecule has 0 spiro atoms. The number of aryl methyl sites for hydroxylation is 2. The van der Waals surface area contributed by atoms with Crippen molar-refractivity contribution in [1.82, 2.24) is 49.0 Å². The predicted octanol–water partition coefficient (Wildman–Crippen LogP) is 17.3. The lowest BCUT2D eigenvalue weighted by Crippen LogP contribution is -1.99. The second-order valence-electron chi connectivity index (χ2n) is 23.7. The van der Waals surface area contributed by atoms with E-state index in [1.54, 1.807) is 63.3 Å². The topological polar surface area (TPSA) is 388 Å². The normalized spacial score (nSPS) is 10.7. The summed E-state index contributed by atoms with van der Waals surface area (Å²) in [5.74, 6) is 2.93. The highest BCUT2D eigenvalue weighted by Gasteiger charge is 2.22. The highest BCUT2D eigenvalue weighted by molar-refractivity contribution is 5.96. The first kappa shape index (κ1) is 73.2. The molecule has 0 radical (unpaired) electrons. The van der Waals surface area contributed by atoms with Crippen LogP contribution in [-0.2, 0) is 0 Å². The fourth-order valence-corrected chi connectivity index (χ4v) is 11.3. The second kappa shape index (κ2) is 32.8. The average Bonchev–Trinajstić information content (AvgIpc) is 1.77. The zero-order valence-corrected chi connectivity index (χ0v) is 58.4. The third-order valence-electron chi connectivity index (χ3n) is 16.9. The Morgan fingerprint density at radius 3 is 1.20 bits per heavy atom. The number of rotatable bonds is 16. The fourth-order valence-electron chi connectivity index (χ4n) is 11.3. The molecule has 16 rings (SSSR count). The van der Waals surface area contributed by atoms with Gasteiger partial charge in [0.15, 0.2) is 11.6 Å². The van der Waals surface area contributed by atoms with E-state index in [1.807, 2.05) is 175 Å². The van der Waals surface area contributed by atoms with Gasteiger partial charge < -0.3 is 41.0 Å². The van der Waals surface area contributed by atoms with Crippen LogP contribution in [0, 0.1) is 60.1 Å². The Balaban J connectivity index is 0.000000130. The van der Waals surface area contributed by atoms with E-state index in [1.165, 1.54) is 19.2 Å². The van der Waals surface area contributed by atoms with Gasteiger partial charge in [-0.05, 0) is 178 Å². The molecule has 5 heterocycles. The van der Waals surface area contributed by atoms with Crippen molar-refractivity contribution >= 4 is 117 Å². The largest absolute Gasteiger partial charge is 0.508 e. The number of nitrogens with two attached hydrogens (primary N) is 1. The predicted molar refractivity (Wildman–Crippen MR) is 413 cm³/mol. The highest BCUT2D eigenvalue weighted by atomic mass is 19.1. The Labute approximate surface area is 617 Å². The van der Waals surface area contributed by atoms with Crippen LogP contribution in [0.2, 0.25) is 0 Å². The molecule has 0 bridgehead atoms. The molecule has 0 aliphatic rings. The molecule has 31 heteroatoms. The van der Waals surface area contributed by atoms with Crippen LogP contribution >= 0.6 is 0 Å². The van der Waals surface area contributed by atoms with Gasteiger partial charge in [0, 0.05) is 73.5 Å². The molecule has 0 saturated carbocycles. The Morgan fingerprint density at radius 2 is 0.780 bits per heavy atom. The number of phenolic OH excluding ortho intramolecular Hbond substituents is 1. The SMILES string of the molecule is COc1ccc(-n2cnc3cc(N)ccc32)cc1.COc1ccc(-n2cnc3cc(Nc4nnc(C)c5ccccc45)ccc32)cc1.COc1ccc(Nc2ccc([N+](=O)[O-])cc2[N+](=O)[O-])cc1.Cc1nnc(Nc2ccc3c(c2)ncn3-c2ccc(O)cc2)c2ccccc12.O=[N+]([O-])c1ccc(F)c([N+](=O)[O-])c1. The molecule has 6 N–H and O–H groups in total. The first-order valence-corrected chi connectivity index (χ1v) is 32.9. The van der Waals surface area contributed by atoms with Crippen LogP contribution in [0.25, 0.3) is 71.7 Å². The van der Waals surface area contributed by atoms with Gasteiger partial charge in [0.2, 0.25) is 5.82 Å². The zero-order chi connectivity index (χ0) is 76.8. The Kier molecular flexibility index (Phi) is 22.0. The lowest BCUT2D eigenvalue weighted by molar-refractivity contribution is -0.395. The van der Waals surface area contributed by atoms with Gasteiger partial charge in [0.1, 0.15) is 47.7 Å². The fraction of sp³-hybridized carbons (Fsp3) is 0.0641. The van der Waals surface area contributed by atoms with Crippen molar-refractivity contribution in [3.8, 4) is 40.1 Å². The van der Waals surface area contributed by atoms with Gasteiger partial charge in [-0.3, -0.25) is 54.2 Å². The number of aromatic hydroxyl groups is 1. The molecule has 11 aromatic carbocycles. The van der Waals surface area contributed by atoms with Crippen LogP contribution in [0.1, 0.15) is 11.4 Å². The Bertz CT molecular complexity index is 6030. The van der Waals surface area contributed by atoms with Crippen molar-refractivity contribution < 1.29 is 43.4 Å². The number of nitrogens with zero attached hydrogens (tertiary/aromatic N) is 14. The molecule has 0 aliphatic carbocycles. The van der Waals surface area contributed by atoms with E-state index >= 15 is 0 Å². The smallest absolute Gasteiger partial charge is 0.311 e. The van der Waals surface area contributed by atoms with Crippen molar-refractivity contribution in [2.75, 3.05) is 43.0 Å². The number of imidazole rings is 3. The molecule has 0 saturated heterocycles. The van der Waals surface area contributed by atoms with Crippen LogP contribution in [0.15, 0.2) is 256 Å². The number of methoxy groups -OCH3 is 3. The summed E-state index contributed by atoms with van der Waals surface area (Å²) in [6.45, 7) is 3.93. The van der Waals surface area contributed by atoms with Gasteiger partial charge >= 0.3 is 5.69 Å². The first-order chi connectivity index (χ1) is 52.7. The second-order valence-corrected chi connectivity index (χ2v) is 23.7. The lowest BCUT2D eigenvalue weighted by atomic mass is 10.1. The van der Waals surface area contributed by atoms with E-state index in [0.717, 1.165) is 135 Å². The summed E-state index contributed by atoms with van der Waals surface area (Å²) in [5.41, 5.74) is 17.5. The van der Waals surface area contributed by atoms with Crippen LogP contribution < -0.4 is 35.9 Å². The molecule has 5 aromatic heterocycles. The minimum atomic E-state index is -1.09. The van der Waals surface area contributed by atoms with Gasteiger partial charge in [0.25, 0.3) is 17.1 Å². The summed E-state index contributed by atoms with van der Waals surface area (Å²) in [6, 6.07) is 69.2. The number of nitro groups is 4. The quantitative estimate of drug-likeness (QED) is 0.0341. The van der Waals surface area contributed by atoms with Crippen molar-refractivity contribution in [2.24, 2.45) is 0 Å². The van der Waals surface area contributed by atoms with Gasteiger partial charge in [-0.25, -0.2) is 15.0 Å². The van der Waals surface area contributed by atoms with E-state index < -0.39 is 36.9 Å². The minimum absolute atomic E-state index is 0.177. The Morgan fingerprint density at radius 1 is 0.404 bits per heavy atom. The summed E-state index contributed by atoms with van der Waals surface area (Å²) >= 11 is 0. The van der Waals surface area contributed by atoms with E-state index in [4.69, 9.17) is 19.9 Å². The molecule has 0 aliphatic heterocycles. The summed E-state index contributed by atoms with van der Waals surface area (Å²) in [6.07, 6.45) is 5.41. The van der Waals surface area contributed by atoms with Crippen molar-refractivity contribution in [3.05, 3.63) is 313 Å². The molecule has 109 heavy (non-hydrogen) atoms.